The van der Waals surface area contributed by atoms with E-state index < -0.39 is 0 Å². The zero-order valence-corrected chi connectivity index (χ0v) is 14.1. The number of nitrogens with one attached hydrogen (secondary N) is 1. The molecule has 120 valence electrons. The third kappa shape index (κ3) is 2.31. The van der Waals surface area contributed by atoms with Gasteiger partial charge in [-0.25, -0.2) is 0 Å². The highest BCUT2D eigenvalue weighted by atomic mass is 32.1. The van der Waals surface area contributed by atoms with E-state index in [0.717, 1.165) is 40.3 Å². The third-order valence-electron chi connectivity index (χ3n) is 4.35. The van der Waals surface area contributed by atoms with Crippen LogP contribution in [0.2, 0.25) is 0 Å². The molecule has 0 aliphatic heterocycles. The predicted octanol–water partition coefficient (Wildman–Crippen LogP) is 5.07. The van der Waals surface area contributed by atoms with Gasteiger partial charge in [-0.1, -0.05) is 37.6 Å². The fourth-order valence-electron chi connectivity index (χ4n) is 3.26. The van der Waals surface area contributed by atoms with Crippen molar-refractivity contribution in [1.29, 1.82) is 0 Å². The second kappa shape index (κ2) is 5.80. The maximum Gasteiger partial charge on any atom is 0.266 e. The first-order valence-corrected chi connectivity index (χ1v) is 8.91. The van der Waals surface area contributed by atoms with E-state index in [1.165, 1.54) is 16.9 Å². The molecule has 4 rings (SSSR count). The van der Waals surface area contributed by atoms with Crippen molar-refractivity contribution < 1.29 is 5.11 Å². The minimum absolute atomic E-state index is 0.0811. The topological polar surface area (TPSA) is 53.1 Å². The van der Waals surface area contributed by atoms with Gasteiger partial charge in [-0.3, -0.25) is 4.79 Å². The first kappa shape index (κ1) is 15.0. The lowest BCUT2D eigenvalue weighted by Crippen LogP contribution is -2.04. The quantitative estimate of drug-likeness (QED) is 0.549. The van der Waals surface area contributed by atoms with Crippen molar-refractivity contribution in [2.45, 2.75) is 19.8 Å². The van der Waals surface area contributed by atoms with E-state index in [2.05, 4.69) is 24.0 Å². The molecule has 24 heavy (non-hydrogen) atoms. The van der Waals surface area contributed by atoms with Crippen LogP contribution in [0.3, 0.4) is 0 Å². The molecule has 0 spiro atoms. The number of aromatic amines is 1. The number of aryl methyl sites for hydroxylation is 1. The van der Waals surface area contributed by atoms with Crippen molar-refractivity contribution >= 4 is 32.3 Å². The lowest BCUT2D eigenvalue weighted by atomic mass is 9.96. The van der Waals surface area contributed by atoms with E-state index in [1.54, 1.807) is 12.1 Å². The summed E-state index contributed by atoms with van der Waals surface area (Å²) in [7, 11) is 0. The summed E-state index contributed by atoms with van der Waals surface area (Å²) in [6.45, 7) is 2.16. The van der Waals surface area contributed by atoms with Crippen LogP contribution < -0.4 is 5.56 Å². The van der Waals surface area contributed by atoms with Crippen LogP contribution in [0.25, 0.3) is 32.1 Å². The number of benzene rings is 2. The molecule has 0 bridgehead atoms. The van der Waals surface area contributed by atoms with E-state index in [9.17, 15) is 9.90 Å². The largest absolute Gasteiger partial charge is 0.507 e. The van der Waals surface area contributed by atoms with E-state index in [-0.39, 0.29) is 11.3 Å². The van der Waals surface area contributed by atoms with Gasteiger partial charge >= 0.3 is 0 Å². The van der Waals surface area contributed by atoms with Crippen LogP contribution in [0.5, 0.6) is 5.75 Å². The van der Waals surface area contributed by atoms with Gasteiger partial charge in [0.25, 0.3) is 5.56 Å². The summed E-state index contributed by atoms with van der Waals surface area (Å²) in [5, 5.41) is 14.2. The number of phenols is 1. The highest BCUT2D eigenvalue weighted by molar-refractivity contribution is 7.17. The van der Waals surface area contributed by atoms with Gasteiger partial charge in [0, 0.05) is 21.9 Å². The summed E-state index contributed by atoms with van der Waals surface area (Å²) in [6, 6.07) is 13.7. The van der Waals surface area contributed by atoms with Crippen molar-refractivity contribution in [3.05, 3.63) is 63.8 Å². The van der Waals surface area contributed by atoms with Crippen LogP contribution in [0.1, 0.15) is 18.9 Å². The fraction of sp³-hybridized carbons (Fsp3) is 0.150. The molecule has 0 aliphatic carbocycles. The number of aromatic hydroxyl groups is 1. The van der Waals surface area contributed by atoms with Gasteiger partial charge in [0.15, 0.2) is 0 Å². The number of pyridine rings is 1. The van der Waals surface area contributed by atoms with Gasteiger partial charge < -0.3 is 10.1 Å². The Labute approximate surface area is 143 Å². The van der Waals surface area contributed by atoms with Crippen LogP contribution in [0.15, 0.2) is 52.6 Å². The lowest BCUT2D eigenvalue weighted by molar-refractivity contribution is 0.478. The van der Waals surface area contributed by atoms with Crippen molar-refractivity contribution in [3.63, 3.8) is 0 Å². The number of rotatable bonds is 3. The first-order valence-electron chi connectivity index (χ1n) is 8.03. The molecule has 0 radical (unpaired) electrons. The lowest BCUT2D eigenvalue weighted by Gasteiger charge is -2.11. The Kier molecular flexibility index (Phi) is 3.62. The molecule has 0 aliphatic rings. The maximum atomic E-state index is 12.2. The van der Waals surface area contributed by atoms with Crippen molar-refractivity contribution in [2.75, 3.05) is 0 Å². The van der Waals surface area contributed by atoms with Crippen molar-refractivity contribution in [3.8, 4) is 16.9 Å². The number of fused-ring (bicyclic) bond motifs is 3. The Balaban J connectivity index is 2.05. The molecule has 2 aromatic heterocycles. The summed E-state index contributed by atoms with van der Waals surface area (Å²) >= 11 is 1.42. The summed E-state index contributed by atoms with van der Waals surface area (Å²) < 4.78 is 0.692. The van der Waals surface area contributed by atoms with Crippen LogP contribution in [0.4, 0.5) is 0 Å². The minimum Gasteiger partial charge on any atom is -0.507 e. The van der Waals surface area contributed by atoms with E-state index in [1.807, 2.05) is 23.6 Å². The molecular weight excluding hydrogens is 318 g/mol. The number of hydrogen-bond donors (Lipinski definition) is 2. The normalized spacial score (nSPS) is 11.4. The molecular formula is C20H17NO2S. The molecule has 0 amide bonds. The Morgan fingerprint density at radius 2 is 1.88 bits per heavy atom. The molecule has 2 heterocycles. The Morgan fingerprint density at radius 3 is 2.62 bits per heavy atom. The Hall–Kier alpha value is -2.59. The van der Waals surface area contributed by atoms with Crippen LogP contribution in [-0.4, -0.2) is 10.1 Å². The molecule has 0 saturated carbocycles. The number of aromatic nitrogens is 1. The average molecular weight is 335 g/mol. The predicted molar refractivity (Wildman–Crippen MR) is 101 cm³/mol. The molecule has 0 atom stereocenters. The monoisotopic (exact) mass is 335 g/mol. The molecule has 4 aromatic rings. The number of thiophene rings is 1. The van der Waals surface area contributed by atoms with Gasteiger partial charge in [0.05, 0.1) is 0 Å². The minimum atomic E-state index is -0.0811. The van der Waals surface area contributed by atoms with Gasteiger partial charge in [0.1, 0.15) is 10.4 Å². The van der Waals surface area contributed by atoms with E-state index >= 15 is 0 Å². The molecule has 2 aromatic carbocycles. The third-order valence-corrected chi connectivity index (χ3v) is 5.27. The highest BCUT2D eigenvalue weighted by Gasteiger charge is 2.15. The average Bonchev–Trinajstić information content (AvgIpc) is 3.07. The van der Waals surface area contributed by atoms with E-state index in [4.69, 9.17) is 0 Å². The fourth-order valence-corrected chi connectivity index (χ4v) is 4.05. The molecule has 0 saturated heterocycles. The molecule has 0 fully saturated rings. The second-order valence-electron chi connectivity index (χ2n) is 5.95. The van der Waals surface area contributed by atoms with Gasteiger partial charge in [0.2, 0.25) is 0 Å². The van der Waals surface area contributed by atoms with Gasteiger partial charge in [-0.15, -0.1) is 11.3 Å². The second-order valence-corrected chi connectivity index (χ2v) is 6.86. The molecule has 4 heteroatoms. The van der Waals surface area contributed by atoms with Gasteiger partial charge in [-0.05, 0) is 41.1 Å². The summed E-state index contributed by atoms with van der Waals surface area (Å²) in [5.74, 6) is 0.227. The zero-order chi connectivity index (χ0) is 16.7. The maximum absolute atomic E-state index is 12.2. The Bertz CT molecular complexity index is 1090. The molecule has 0 unspecified atom stereocenters. The SMILES string of the molecule is CCCc1ccc(-c2c(O)ccc3[nH]c(=O)c4sccc4c23)cc1. The van der Waals surface area contributed by atoms with E-state index in [0.29, 0.717) is 4.70 Å². The number of phenolic OH excluding ortho intramolecular Hbond substituents is 1. The zero-order valence-electron chi connectivity index (χ0n) is 13.3. The summed E-state index contributed by atoms with van der Waals surface area (Å²) in [4.78, 5) is 15.1. The van der Waals surface area contributed by atoms with Crippen LogP contribution in [0, 0.1) is 0 Å². The van der Waals surface area contributed by atoms with Crippen LogP contribution in [-0.2, 0) is 6.42 Å². The first-order chi connectivity index (χ1) is 11.7. The van der Waals surface area contributed by atoms with Gasteiger partial charge in [-0.2, -0.15) is 0 Å². The molecule has 2 N–H and O–H groups in total. The number of H-pyrrole nitrogens is 1. The number of hydrogen-bond acceptors (Lipinski definition) is 3. The highest BCUT2D eigenvalue weighted by Crippen LogP contribution is 2.39. The van der Waals surface area contributed by atoms with Crippen LogP contribution >= 0.6 is 11.3 Å². The summed E-state index contributed by atoms with van der Waals surface area (Å²) in [5.41, 5.74) is 3.68. The molecule has 3 nitrogen and oxygen atoms in total. The summed E-state index contributed by atoms with van der Waals surface area (Å²) in [6.07, 6.45) is 2.15. The van der Waals surface area contributed by atoms with Crippen molar-refractivity contribution in [1.82, 2.24) is 4.98 Å². The van der Waals surface area contributed by atoms with Crippen molar-refractivity contribution in [2.24, 2.45) is 0 Å². The standard InChI is InChI=1S/C20H17NO2S/c1-2-3-12-4-6-13(7-5-12)17-16(22)9-8-15-18(17)14-10-11-24-19(14)20(23)21-15/h4-11,22H,2-3H2,1H3,(H,21,23). The Morgan fingerprint density at radius 1 is 1.08 bits per heavy atom. The smallest absolute Gasteiger partial charge is 0.266 e.